The maximum atomic E-state index is 5.93. The Morgan fingerprint density at radius 1 is 1.44 bits per heavy atom. The summed E-state index contributed by atoms with van der Waals surface area (Å²) in [7, 11) is 0. The molecule has 0 bridgehead atoms. The lowest BCUT2D eigenvalue weighted by Crippen LogP contribution is -2.41. The molecule has 0 amide bonds. The van der Waals surface area contributed by atoms with Crippen molar-refractivity contribution in [1.82, 2.24) is 0 Å². The summed E-state index contributed by atoms with van der Waals surface area (Å²) in [5.74, 6) is 0. The van der Waals surface area contributed by atoms with Gasteiger partial charge in [0.1, 0.15) is 0 Å². The van der Waals surface area contributed by atoms with Gasteiger partial charge >= 0.3 is 0 Å². The Labute approximate surface area is 119 Å². The van der Waals surface area contributed by atoms with Crippen molar-refractivity contribution in [2.75, 3.05) is 11.4 Å². The van der Waals surface area contributed by atoms with Crippen LogP contribution in [0.4, 0.5) is 5.69 Å². The smallest absolute Gasteiger partial charge is 0.0384 e. The normalized spacial score (nSPS) is 13.2. The standard InChI is InChI=1S/C15H23BrN2/c1-6-9-18(15(3,4)5)12-7-8-13(11(2)17)14(16)10-12/h6-8,10-11H,1,9,17H2,2-5H3/t11-/m1/s1. The maximum absolute atomic E-state index is 5.93. The van der Waals surface area contributed by atoms with Crippen molar-refractivity contribution in [3.8, 4) is 0 Å². The van der Waals surface area contributed by atoms with Crippen molar-refractivity contribution >= 4 is 21.6 Å². The molecular weight excluding hydrogens is 288 g/mol. The van der Waals surface area contributed by atoms with Gasteiger partial charge in [0, 0.05) is 28.3 Å². The molecule has 2 N–H and O–H groups in total. The Bertz CT molecular complexity index is 419. The molecule has 0 heterocycles. The highest BCUT2D eigenvalue weighted by Gasteiger charge is 2.21. The van der Waals surface area contributed by atoms with Crippen LogP contribution < -0.4 is 10.6 Å². The third kappa shape index (κ3) is 3.59. The summed E-state index contributed by atoms with van der Waals surface area (Å²) < 4.78 is 1.06. The summed E-state index contributed by atoms with van der Waals surface area (Å²) in [6.45, 7) is 13.2. The third-order valence-electron chi connectivity index (χ3n) is 2.91. The zero-order valence-corrected chi connectivity index (χ0v) is 13.3. The predicted molar refractivity (Wildman–Crippen MR) is 84.0 cm³/mol. The summed E-state index contributed by atoms with van der Waals surface area (Å²) in [4.78, 5) is 2.32. The SMILES string of the molecule is C=CCN(c1ccc([C@@H](C)N)c(Br)c1)C(C)(C)C. The molecule has 3 heteroatoms. The Morgan fingerprint density at radius 3 is 2.44 bits per heavy atom. The molecule has 100 valence electrons. The zero-order valence-electron chi connectivity index (χ0n) is 11.7. The van der Waals surface area contributed by atoms with Gasteiger partial charge in [0.05, 0.1) is 0 Å². The van der Waals surface area contributed by atoms with Crippen molar-refractivity contribution in [3.63, 3.8) is 0 Å². The molecule has 1 atom stereocenters. The van der Waals surface area contributed by atoms with Gasteiger partial charge in [0.25, 0.3) is 0 Å². The lowest BCUT2D eigenvalue weighted by Gasteiger charge is -2.37. The number of halogens is 1. The molecule has 0 fully saturated rings. The summed E-state index contributed by atoms with van der Waals surface area (Å²) in [6.07, 6.45) is 1.93. The van der Waals surface area contributed by atoms with Gasteiger partial charge in [-0.1, -0.05) is 28.1 Å². The molecule has 0 saturated heterocycles. The average molecular weight is 311 g/mol. The van der Waals surface area contributed by atoms with Gasteiger partial charge in [-0.2, -0.15) is 0 Å². The van der Waals surface area contributed by atoms with Crippen molar-refractivity contribution in [1.29, 1.82) is 0 Å². The molecule has 1 aromatic rings. The molecule has 18 heavy (non-hydrogen) atoms. The second kappa shape index (κ2) is 5.89. The van der Waals surface area contributed by atoms with E-state index in [-0.39, 0.29) is 11.6 Å². The van der Waals surface area contributed by atoms with Crippen molar-refractivity contribution in [2.24, 2.45) is 5.73 Å². The van der Waals surface area contributed by atoms with Crippen LogP contribution in [0.3, 0.4) is 0 Å². The largest absolute Gasteiger partial charge is 0.363 e. The molecule has 1 rings (SSSR count). The van der Waals surface area contributed by atoms with Crippen molar-refractivity contribution in [2.45, 2.75) is 39.3 Å². The van der Waals surface area contributed by atoms with Gasteiger partial charge in [-0.3, -0.25) is 0 Å². The van der Waals surface area contributed by atoms with Gasteiger partial charge in [-0.15, -0.1) is 6.58 Å². The fraction of sp³-hybridized carbons (Fsp3) is 0.467. The zero-order chi connectivity index (χ0) is 13.9. The molecule has 0 aromatic heterocycles. The molecular formula is C15H23BrN2. The second-order valence-corrected chi connectivity index (χ2v) is 6.42. The van der Waals surface area contributed by atoms with Crippen LogP contribution in [0.25, 0.3) is 0 Å². The maximum Gasteiger partial charge on any atom is 0.0384 e. The van der Waals surface area contributed by atoms with E-state index in [9.17, 15) is 0 Å². The van der Waals surface area contributed by atoms with Crippen LogP contribution in [0.15, 0.2) is 35.3 Å². The third-order valence-corrected chi connectivity index (χ3v) is 3.59. The summed E-state index contributed by atoms with van der Waals surface area (Å²) in [6, 6.07) is 6.38. The molecule has 2 nitrogen and oxygen atoms in total. The Hall–Kier alpha value is -0.800. The van der Waals surface area contributed by atoms with Gasteiger partial charge in [-0.25, -0.2) is 0 Å². The molecule has 0 spiro atoms. The van der Waals surface area contributed by atoms with Crippen LogP contribution in [-0.4, -0.2) is 12.1 Å². The van der Waals surface area contributed by atoms with E-state index < -0.39 is 0 Å². The highest BCUT2D eigenvalue weighted by molar-refractivity contribution is 9.10. The van der Waals surface area contributed by atoms with E-state index in [0.717, 1.165) is 16.6 Å². The first kappa shape index (κ1) is 15.3. The number of hydrogen-bond donors (Lipinski definition) is 1. The fourth-order valence-corrected chi connectivity index (χ4v) is 2.68. The van der Waals surface area contributed by atoms with Gasteiger partial charge in [-0.05, 0) is 45.4 Å². The van der Waals surface area contributed by atoms with Gasteiger partial charge in [0.2, 0.25) is 0 Å². The minimum absolute atomic E-state index is 0.0379. The van der Waals surface area contributed by atoms with E-state index in [0.29, 0.717) is 0 Å². The highest BCUT2D eigenvalue weighted by atomic mass is 79.9. The fourth-order valence-electron chi connectivity index (χ4n) is 1.95. The van der Waals surface area contributed by atoms with Gasteiger partial charge in [0.15, 0.2) is 0 Å². The monoisotopic (exact) mass is 310 g/mol. The molecule has 0 aliphatic carbocycles. The van der Waals surface area contributed by atoms with Crippen LogP contribution >= 0.6 is 15.9 Å². The lowest BCUT2D eigenvalue weighted by atomic mass is 10.0. The van der Waals surface area contributed by atoms with E-state index >= 15 is 0 Å². The Balaban J connectivity index is 3.15. The molecule has 0 aliphatic heterocycles. The van der Waals surface area contributed by atoms with E-state index in [1.165, 1.54) is 5.69 Å². The Morgan fingerprint density at radius 2 is 2.06 bits per heavy atom. The van der Waals surface area contributed by atoms with Crippen molar-refractivity contribution < 1.29 is 0 Å². The molecule has 0 radical (unpaired) electrons. The predicted octanol–water partition coefficient (Wildman–Crippen LogP) is 4.26. The highest BCUT2D eigenvalue weighted by Crippen LogP contribution is 2.30. The number of hydrogen-bond acceptors (Lipinski definition) is 2. The van der Waals surface area contributed by atoms with E-state index in [1.807, 2.05) is 13.0 Å². The average Bonchev–Trinajstić information content (AvgIpc) is 2.23. The van der Waals surface area contributed by atoms with Gasteiger partial charge < -0.3 is 10.6 Å². The van der Waals surface area contributed by atoms with E-state index in [4.69, 9.17) is 5.73 Å². The quantitative estimate of drug-likeness (QED) is 0.842. The number of nitrogens with two attached hydrogens (primary N) is 1. The first-order valence-electron chi connectivity index (χ1n) is 6.21. The molecule has 0 unspecified atom stereocenters. The number of benzene rings is 1. The van der Waals surface area contributed by atoms with E-state index in [2.05, 4.69) is 66.4 Å². The van der Waals surface area contributed by atoms with Crippen LogP contribution in [-0.2, 0) is 0 Å². The van der Waals surface area contributed by atoms with Crippen LogP contribution in [0.5, 0.6) is 0 Å². The second-order valence-electron chi connectivity index (χ2n) is 5.56. The summed E-state index contributed by atoms with van der Waals surface area (Å²) in [5.41, 5.74) is 8.29. The van der Waals surface area contributed by atoms with Crippen LogP contribution in [0.2, 0.25) is 0 Å². The lowest BCUT2D eigenvalue weighted by molar-refractivity contribution is 0.522. The summed E-state index contributed by atoms with van der Waals surface area (Å²) >= 11 is 3.60. The first-order chi connectivity index (χ1) is 8.27. The topological polar surface area (TPSA) is 29.3 Å². The Kier molecular flexibility index (Phi) is 5.00. The molecule has 0 aliphatic rings. The van der Waals surface area contributed by atoms with E-state index in [1.54, 1.807) is 0 Å². The summed E-state index contributed by atoms with van der Waals surface area (Å²) in [5, 5.41) is 0. The minimum Gasteiger partial charge on any atom is -0.363 e. The van der Waals surface area contributed by atoms with Crippen LogP contribution in [0, 0.1) is 0 Å². The minimum atomic E-state index is 0.0379. The number of nitrogens with zero attached hydrogens (tertiary/aromatic N) is 1. The first-order valence-corrected chi connectivity index (χ1v) is 7.00. The number of rotatable bonds is 4. The molecule has 0 saturated carbocycles. The molecule has 1 aromatic carbocycles. The number of anilines is 1. The van der Waals surface area contributed by atoms with Crippen LogP contribution in [0.1, 0.15) is 39.3 Å². The van der Waals surface area contributed by atoms with Crippen molar-refractivity contribution in [3.05, 3.63) is 40.9 Å².